The number of benzene rings is 2. The van der Waals surface area contributed by atoms with Crippen LogP contribution in [-0.4, -0.2) is 38.6 Å². The molecule has 3 rings (SSSR count). The van der Waals surface area contributed by atoms with Crippen LogP contribution in [0.15, 0.2) is 59.6 Å². The van der Waals surface area contributed by atoms with E-state index in [1.165, 1.54) is 31.2 Å². The maximum absolute atomic E-state index is 11.6. The third kappa shape index (κ3) is 6.48. The van der Waals surface area contributed by atoms with Crippen LogP contribution in [0.25, 0.3) is 0 Å². The molecule has 0 atom stereocenters. The molecule has 166 valence electrons. The van der Waals surface area contributed by atoms with Gasteiger partial charge in [0, 0.05) is 32.1 Å². The van der Waals surface area contributed by atoms with Crippen molar-refractivity contribution in [3.05, 3.63) is 65.7 Å². The van der Waals surface area contributed by atoms with Crippen molar-refractivity contribution in [3.63, 3.8) is 0 Å². The van der Waals surface area contributed by atoms with Crippen molar-refractivity contribution in [2.45, 2.75) is 44.6 Å². The van der Waals surface area contributed by atoms with Gasteiger partial charge in [-0.25, -0.2) is 0 Å². The fourth-order valence-electron chi connectivity index (χ4n) is 4.21. The first-order chi connectivity index (χ1) is 15.1. The van der Waals surface area contributed by atoms with Crippen molar-refractivity contribution in [3.8, 4) is 5.75 Å². The molecule has 2 aromatic carbocycles. The molecule has 0 heterocycles. The molecule has 0 radical (unpaired) electrons. The summed E-state index contributed by atoms with van der Waals surface area (Å²) in [6.07, 6.45) is 4.94. The summed E-state index contributed by atoms with van der Waals surface area (Å²) in [6.45, 7) is 4.00. The van der Waals surface area contributed by atoms with Crippen molar-refractivity contribution in [1.82, 2.24) is 16.0 Å². The Morgan fingerprint density at radius 3 is 2.52 bits per heavy atom. The van der Waals surface area contributed by atoms with Crippen LogP contribution in [0.5, 0.6) is 5.75 Å². The van der Waals surface area contributed by atoms with Crippen LogP contribution in [0.4, 0.5) is 0 Å². The summed E-state index contributed by atoms with van der Waals surface area (Å²) >= 11 is 0. The van der Waals surface area contributed by atoms with Crippen molar-refractivity contribution >= 4 is 11.9 Å². The van der Waals surface area contributed by atoms with Gasteiger partial charge in [-0.15, -0.1) is 0 Å². The van der Waals surface area contributed by atoms with E-state index >= 15 is 0 Å². The highest BCUT2D eigenvalue weighted by Gasteiger charge is 2.35. The number of hydrogen-bond donors (Lipinski definition) is 3. The summed E-state index contributed by atoms with van der Waals surface area (Å²) in [5.41, 5.74) is 2.65. The van der Waals surface area contributed by atoms with E-state index in [9.17, 15) is 4.79 Å². The molecule has 6 nitrogen and oxygen atoms in total. The second-order valence-electron chi connectivity index (χ2n) is 8.02. The van der Waals surface area contributed by atoms with E-state index in [1.54, 1.807) is 7.05 Å². The van der Waals surface area contributed by atoms with E-state index in [0.717, 1.165) is 18.1 Å². The van der Waals surface area contributed by atoms with Crippen LogP contribution in [0, 0.1) is 0 Å². The zero-order valence-electron chi connectivity index (χ0n) is 18.6. The molecule has 3 N–H and O–H groups in total. The molecule has 0 bridgehead atoms. The Bertz CT molecular complexity index is 861. The molecule has 1 amide bonds. The number of carbonyl (C=O) groups excluding carboxylic acids is 1. The van der Waals surface area contributed by atoms with E-state index in [-0.39, 0.29) is 17.9 Å². The second kappa shape index (κ2) is 11.4. The molecule has 6 heteroatoms. The number of guanidine groups is 1. The van der Waals surface area contributed by atoms with E-state index < -0.39 is 0 Å². The molecule has 2 aromatic rings. The molecule has 1 fully saturated rings. The monoisotopic (exact) mass is 422 g/mol. The molecule has 0 spiro atoms. The first-order valence-electron chi connectivity index (χ1n) is 11.1. The van der Waals surface area contributed by atoms with Crippen LogP contribution in [0.1, 0.15) is 43.7 Å². The van der Waals surface area contributed by atoms with Crippen molar-refractivity contribution in [2.24, 2.45) is 4.99 Å². The number of likely N-dealkylation sites (N-methyl/N-ethyl adjacent to an activating group) is 1. The Morgan fingerprint density at radius 2 is 1.81 bits per heavy atom. The first-order valence-corrected chi connectivity index (χ1v) is 11.1. The lowest BCUT2D eigenvalue weighted by atomic mass is 9.79. The predicted octanol–water partition coefficient (Wildman–Crippen LogP) is 3.38. The normalized spacial score (nSPS) is 15.4. The lowest BCUT2D eigenvalue weighted by Crippen LogP contribution is -2.44. The summed E-state index contributed by atoms with van der Waals surface area (Å²) < 4.78 is 5.59. The van der Waals surface area contributed by atoms with Gasteiger partial charge >= 0.3 is 0 Å². The van der Waals surface area contributed by atoms with Gasteiger partial charge in [-0.1, -0.05) is 55.3 Å². The minimum absolute atomic E-state index is 0.0233. The summed E-state index contributed by atoms with van der Waals surface area (Å²) in [6, 6.07) is 18.6. The van der Waals surface area contributed by atoms with E-state index in [0.29, 0.717) is 18.8 Å². The van der Waals surface area contributed by atoms with Gasteiger partial charge in [0.1, 0.15) is 5.75 Å². The average molecular weight is 423 g/mol. The Balaban J connectivity index is 1.54. The van der Waals surface area contributed by atoms with Gasteiger partial charge in [0.15, 0.2) is 12.6 Å². The number of amides is 1. The Labute approximate surface area is 185 Å². The van der Waals surface area contributed by atoms with Crippen LogP contribution in [-0.2, 0) is 16.8 Å². The number of nitrogens with zero attached hydrogens (tertiary/aromatic N) is 1. The summed E-state index contributed by atoms with van der Waals surface area (Å²) in [4.78, 5) is 16.0. The van der Waals surface area contributed by atoms with Gasteiger partial charge in [-0.05, 0) is 43.0 Å². The molecule has 0 aromatic heterocycles. The fraction of sp³-hybridized carbons (Fsp3) is 0.440. The van der Waals surface area contributed by atoms with Crippen LogP contribution < -0.4 is 20.7 Å². The van der Waals surface area contributed by atoms with Gasteiger partial charge in [0.2, 0.25) is 0 Å². The number of carbonyl (C=O) groups is 1. The van der Waals surface area contributed by atoms with Gasteiger partial charge in [0.25, 0.3) is 5.91 Å². The number of aliphatic imine (C=N–C) groups is 1. The number of rotatable bonds is 9. The molecular formula is C25H34N4O2. The molecule has 31 heavy (non-hydrogen) atoms. The first kappa shape index (κ1) is 22.7. The van der Waals surface area contributed by atoms with Crippen LogP contribution in [0.2, 0.25) is 0 Å². The quantitative estimate of drug-likeness (QED) is 0.428. The Morgan fingerprint density at radius 1 is 1.03 bits per heavy atom. The molecule has 1 aliphatic carbocycles. The zero-order chi connectivity index (χ0) is 21.9. The Kier molecular flexibility index (Phi) is 8.33. The van der Waals surface area contributed by atoms with Crippen molar-refractivity contribution in [2.75, 3.05) is 26.7 Å². The van der Waals surface area contributed by atoms with Gasteiger partial charge < -0.3 is 20.7 Å². The highest BCUT2D eigenvalue weighted by atomic mass is 16.5. The maximum Gasteiger partial charge on any atom is 0.257 e. The fourth-order valence-corrected chi connectivity index (χ4v) is 4.21. The van der Waals surface area contributed by atoms with Gasteiger partial charge in [0.05, 0.1) is 0 Å². The minimum atomic E-state index is -0.116. The van der Waals surface area contributed by atoms with Gasteiger partial charge in [-0.3, -0.25) is 9.79 Å². The molecular weight excluding hydrogens is 388 g/mol. The van der Waals surface area contributed by atoms with E-state index in [2.05, 4.69) is 51.3 Å². The summed E-state index contributed by atoms with van der Waals surface area (Å²) in [5, 5.41) is 9.67. The largest absolute Gasteiger partial charge is 0.484 e. The lowest BCUT2D eigenvalue weighted by Gasteiger charge is -2.30. The lowest BCUT2D eigenvalue weighted by molar-refractivity contribution is -0.122. The smallest absolute Gasteiger partial charge is 0.257 e. The summed E-state index contributed by atoms with van der Waals surface area (Å²) in [5.74, 6) is 1.35. The molecule has 1 aliphatic rings. The molecule has 0 unspecified atom stereocenters. The maximum atomic E-state index is 11.6. The third-order valence-electron chi connectivity index (χ3n) is 5.87. The van der Waals surface area contributed by atoms with E-state index in [1.807, 2.05) is 31.2 Å². The summed E-state index contributed by atoms with van der Waals surface area (Å²) in [7, 11) is 1.80. The zero-order valence-corrected chi connectivity index (χ0v) is 18.6. The topological polar surface area (TPSA) is 74.8 Å². The molecule has 0 saturated heterocycles. The van der Waals surface area contributed by atoms with Crippen LogP contribution in [0.3, 0.4) is 0 Å². The number of ether oxygens (including phenoxy) is 1. The highest BCUT2D eigenvalue weighted by molar-refractivity contribution is 5.79. The predicted molar refractivity (Wildman–Crippen MR) is 125 cm³/mol. The van der Waals surface area contributed by atoms with E-state index in [4.69, 9.17) is 4.74 Å². The standard InChI is InChI=1S/C25H34N4O2/c1-3-27-23(30)18-31-22-13-9-10-20(16-22)17-28-24(26-2)29-19-25(14-7-8-15-25)21-11-5-4-6-12-21/h4-6,9-13,16H,3,7-8,14-15,17-19H2,1-2H3,(H,27,30)(H2,26,28,29). The molecule has 0 aliphatic heterocycles. The molecule has 1 saturated carbocycles. The third-order valence-corrected chi connectivity index (χ3v) is 5.87. The Hall–Kier alpha value is -3.02. The average Bonchev–Trinajstić information content (AvgIpc) is 3.29. The number of hydrogen-bond acceptors (Lipinski definition) is 3. The van der Waals surface area contributed by atoms with Crippen molar-refractivity contribution in [1.29, 1.82) is 0 Å². The minimum Gasteiger partial charge on any atom is -0.484 e. The highest BCUT2D eigenvalue weighted by Crippen LogP contribution is 2.40. The van der Waals surface area contributed by atoms with Crippen molar-refractivity contribution < 1.29 is 9.53 Å². The van der Waals surface area contributed by atoms with Crippen LogP contribution >= 0.6 is 0 Å². The second-order valence-corrected chi connectivity index (χ2v) is 8.02. The SMILES string of the molecule is CCNC(=O)COc1cccc(CNC(=NC)NCC2(c3ccccc3)CCCC2)c1. The number of nitrogens with one attached hydrogen (secondary N) is 3. The van der Waals surface area contributed by atoms with Gasteiger partial charge in [-0.2, -0.15) is 0 Å².